The van der Waals surface area contributed by atoms with Crippen LogP contribution < -0.4 is 15.2 Å². The van der Waals surface area contributed by atoms with Crippen LogP contribution in [0.1, 0.15) is 47.6 Å². The lowest BCUT2D eigenvalue weighted by atomic mass is 9.97. The van der Waals surface area contributed by atoms with Gasteiger partial charge in [0.15, 0.2) is 0 Å². The smallest absolute Gasteiger partial charge is 0.241 e. The Labute approximate surface area is 208 Å². The maximum atomic E-state index is 13.7. The molecular weight excluding hydrogens is 464 g/mol. The molecule has 1 heterocycles. The molecule has 0 bridgehead atoms. The van der Waals surface area contributed by atoms with Crippen LogP contribution in [0.5, 0.6) is 5.75 Å². The van der Waals surface area contributed by atoms with Crippen LogP contribution in [0.2, 0.25) is 0 Å². The topological polar surface area (TPSA) is 126 Å². The van der Waals surface area contributed by atoms with E-state index in [9.17, 15) is 13.2 Å². The van der Waals surface area contributed by atoms with Crippen molar-refractivity contribution in [1.82, 2.24) is 9.62 Å². The van der Waals surface area contributed by atoms with Crippen LogP contribution in [-0.2, 0) is 21.2 Å². The highest BCUT2D eigenvalue weighted by Gasteiger charge is 2.33. The molecule has 9 heteroatoms. The van der Waals surface area contributed by atoms with Crippen molar-refractivity contribution in [3.05, 3.63) is 58.1 Å². The van der Waals surface area contributed by atoms with Crippen LogP contribution in [0, 0.1) is 32.1 Å². The number of hydrogen-bond donors (Lipinski definition) is 3. The molecule has 1 fully saturated rings. The maximum absolute atomic E-state index is 13.7. The van der Waals surface area contributed by atoms with Gasteiger partial charge in [0.1, 0.15) is 17.6 Å². The molecule has 35 heavy (non-hydrogen) atoms. The number of amides is 1. The third kappa shape index (κ3) is 6.02. The molecule has 1 saturated heterocycles. The summed E-state index contributed by atoms with van der Waals surface area (Å²) in [6.45, 7) is 8.66. The second-order valence-corrected chi connectivity index (χ2v) is 11.1. The second-order valence-electron chi connectivity index (χ2n) is 9.47. The minimum atomic E-state index is -4.03. The Morgan fingerprint density at radius 1 is 1.20 bits per heavy atom. The number of ether oxygens (including phenoxy) is 1. The Morgan fingerprint density at radius 3 is 2.46 bits per heavy atom. The summed E-state index contributed by atoms with van der Waals surface area (Å²) in [5.74, 6) is 0.832. The van der Waals surface area contributed by atoms with E-state index in [0.29, 0.717) is 41.4 Å². The van der Waals surface area contributed by atoms with Gasteiger partial charge in [-0.2, -0.15) is 4.72 Å². The number of benzene rings is 2. The summed E-state index contributed by atoms with van der Waals surface area (Å²) in [5, 5.41) is 7.72. The summed E-state index contributed by atoms with van der Waals surface area (Å²) in [4.78, 5) is 15.5. The monoisotopic (exact) mass is 500 g/mol. The number of nitrogens with zero attached hydrogens (tertiary/aromatic N) is 1. The maximum Gasteiger partial charge on any atom is 0.241 e. The van der Waals surface area contributed by atoms with Gasteiger partial charge in [-0.25, -0.2) is 8.42 Å². The Balaban J connectivity index is 1.99. The Morgan fingerprint density at radius 2 is 1.86 bits per heavy atom. The van der Waals surface area contributed by atoms with Crippen molar-refractivity contribution >= 4 is 21.8 Å². The number of sulfonamides is 1. The van der Waals surface area contributed by atoms with Gasteiger partial charge in [-0.1, -0.05) is 25.1 Å². The van der Waals surface area contributed by atoms with Gasteiger partial charge in [0.25, 0.3) is 0 Å². The van der Waals surface area contributed by atoms with Gasteiger partial charge in [0, 0.05) is 18.7 Å². The van der Waals surface area contributed by atoms with Gasteiger partial charge in [-0.3, -0.25) is 10.2 Å². The van der Waals surface area contributed by atoms with Gasteiger partial charge < -0.3 is 15.4 Å². The van der Waals surface area contributed by atoms with Crippen LogP contribution in [0.25, 0.3) is 0 Å². The van der Waals surface area contributed by atoms with E-state index in [-0.39, 0.29) is 23.1 Å². The van der Waals surface area contributed by atoms with Gasteiger partial charge in [-0.15, -0.1) is 0 Å². The third-order valence-corrected chi connectivity index (χ3v) is 8.60. The molecule has 1 aliphatic heterocycles. The van der Waals surface area contributed by atoms with E-state index in [1.807, 2.05) is 13.0 Å². The molecule has 0 spiro atoms. The van der Waals surface area contributed by atoms with E-state index in [1.165, 1.54) is 0 Å². The number of piperidine rings is 1. The van der Waals surface area contributed by atoms with Crippen molar-refractivity contribution in [2.45, 2.75) is 57.9 Å². The molecule has 1 aliphatic rings. The summed E-state index contributed by atoms with van der Waals surface area (Å²) in [5.41, 5.74) is 8.77. The van der Waals surface area contributed by atoms with E-state index in [4.69, 9.17) is 15.9 Å². The van der Waals surface area contributed by atoms with Gasteiger partial charge in [-0.05, 0) is 80.3 Å². The number of nitrogens with one attached hydrogen (secondary N) is 2. The van der Waals surface area contributed by atoms with Crippen molar-refractivity contribution in [3.8, 4) is 5.75 Å². The number of likely N-dealkylation sites (tertiary alicyclic amines) is 1. The number of rotatable bonds is 8. The number of amidine groups is 1. The zero-order chi connectivity index (χ0) is 25.9. The first-order valence-corrected chi connectivity index (χ1v) is 13.3. The average molecular weight is 501 g/mol. The Hall–Kier alpha value is -2.91. The molecule has 4 N–H and O–H groups in total. The molecular formula is C26H36N4O4S. The van der Waals surface area contributed by atoms with Crippen LogP contribution in [0.15, 0.2) is 35.2 Å². The molecule has 2 aromatic carbocycles. The minimum absolute atomic E-state index is 0.0831. The lowest BCUT2D eigenvalue weighted by molar-refractivity contribution is -0.134. The molecule has 0 radical (unpaired) electrons. The van der Waals surface area contributed by atoms with Crippen LogP contribution in [0.4, 0.5) is 0 Å². The summed E-state index contributed by atoms with van der Waals surface area (Å²) in [6.07, 6.45) is 1.93. The number of nitrogen functional groups attached to an aromatic ring is 1. The summed E-state index contributed by atoms with van der Waals surface area (Å²) in [6, 6.07) is 7.72. The standard InChI is InChI=1S/C26H36N4O4S/c1-16-9-11-30(12-10-16)26(31)22(15-20-7-6-8-21(14-20)25(27)28)29-35(32,33)24-17(2)13-23(34-5)18(3)19(24)4/h6-8,13-14,16,22,29H,9-12,15H2,1-5H3,(H3,27,28). The van der Waals surface area contributed by atoms with E-state index < -0.39 is 16.1 Å². The Kier molecular flexibility index (Phi) is 8.22. The number of hydrogen-bond acceptors (Lipinski definition) is 5. The molecule has 0 saturated carbocycles. The Bertz CT molecular complexity index is 1220. The predicted octanol–water partition coefficient (Wildman–Crippen LogP) is 3.05. The number of methoxy groups -OCH3 is 1. The molecule has 1 unspecified atom stereocenters. The number of aryl methyl sites for hydroxylation is 1. The van der Waals surface area contributed by atoms with Crippen molar-refractivity contribution in [2.24, 2.45) is 11.7 Å². The zero-order valence-electron chi connectivity index (χ0n) is 21.1. The summed E-state index contributed by atoms with van der Waals surface area (Å²) < 4.78 is 35.4. The van der Waals surface area contributed by atoms with E-state index >= 15 is 0 Å². The van der Waals surface area contributed by atoms with Crippen LogP contribution >= 0.6 is 0 Å². The third-order valence-electron chi connectivity index (χ3n) is 6.84. The van der Waals surface area contributed by atoms with Crippen molar-refractivity contribution in [2.75, 3.05) is 20.2 Å². The van der Waals surface area contributed by atoms with Gasteiger partial charge >= 0.3 is 0 Å². The van der Waals surface area contributed by atoms with Crippen LogP contribution in [0.3, 0.4) is 0 Å². The average Bonchev–Trinajstić information content (AvgIpc) is 2.81. The minimum Gasteiger partial charge on any atom is -0.496 e. The molecule has 1 amide bonds. The first kappa shape index (κ1) is 26.7. The molecule has 8 nitrogen and oxygen atoms in total. The van der Waals surface area contributed by atoms with Gasteiger partial charge in [0.05, 0.1) is 12.0 Å². The van der Waals surface area contributed by atoms with Crippen molar-refractivity contribution in [3.63, 3.8) is 0 Å². The zero-order valence-corrected chi connectivity index (χ0v) is 22.0. The molecule has 190 valence electrons. The molecule has 1 atom stereocenters. The molecule has 3 rings (SSSR count). The first-order valence-electron chi connectivity index (χ1n) is 11.8. The van der Waals surface area contributed by atoms with Crippen molar-refractivity contribution in [1.29, 1.82) is 5.41 Å². The predicted molar refractivity (Wildman–Crippen MR) is 137 cm³/mol. The number of carbonyl (C=O) groups excluding carboxylic acids is 1. The van der Waals surface area contributed by atoms with Crippen molar-refractivity contribution < 1.29 is 17.9 Å². The molecule has 0 aliphatic carbocycles. The lowest BCUT2D eigenvalue weighted by Crippen LogP contribution is -2.51. The quantitative estimate of drug-likeness (QED) is 0.379. The fourth-order valence-electron chi connectivity index (χ4n) is 4.62. The fraction of sp³-hybridized carbons (Fsp3) is 0.462. The SMILES string of the molecule is COc1cc(C)c(S(=O)(=O)NC(Cc2cccc(C(=N)N)c2)C(=O)N2CCC(C)CC2)c(C)c1C. The number of nitrogens with two attached hydrogens (primary N) is 1. The summed E-state index contributed by atoms with van der Waals surface area (Å²) >= 11 is 0. The lowest BCUT2D eigenvalue weighted by Gasteiger charge is -2.33. The van der Waals surface area contributed by atoms with E-state index in [0.717, 1.165) is 24.0 Å². The highest BCUT2D eigenvalue weighted by molar-refractivity contribution is 7.89. The highest BCUT2D eigenvalue weighted by Crippen LogP contribution is 2.31. The van der Waals surface area contributed by atoms with E-state index in [1.54, 1.807) is 50.1 Å². The van der Waals surface area contributed by atoms with Crippen LogP contribution in [-0.4, -0.2) is 51.3 Å². The molecule has 2 aromatic rings. The van der Waals surface area contributed by atoms with E-state index in [2.05, 4.69) is 11.6 Å². The highest BCUT2D eigenvalue weighted by atomic mass is 32.2. The molecule has 0 aromatic heterocycles. The summed E-state index contributed by atoms with van der Waals surface area (Å²) in [7, 11) is -2.48. The normalized spacial score (nSPS) is 15.6. The second kappa shape index (κ2) is 10.8. The largest absolute Gasteiger partial charge is 0.496 e. The van der Waals surface area contributed by atoms with Gasteiger partial charge in [0.2, 0.25) is 15.9 Å². The first-order chi connectivity index (χ1) is 16.4. The number of carbonyl (C=O) groups is 1. The fourth-order valence-corrected chi connectivity index (χ4v) is 6.34.